The van der Waals surface area contributed by atoms with E-state index < -0.39 is 0 Å². The van der Waals surface area contributed by atoms with Gasteiger partial charge in [-0.25, -0.2) is 4.98 Å². The van der Waals surface area contributed by atoms with Crippen molar-refractivity contribution in [2.45, 2.75) is 0 Å². The third kappa shape index (κ3) is 3.87. The molecule has 1 aliphatic rings. The highest BCUT2D eigenvalue weighted by Crippen LogP contribution is 2.23. The molecule has 1 aliphatic heterocycles. The zero-order chi connectivity index (χ0) is 18.6. The highest BCUT2D eigenvalue weighted by atomic mass is 15.3. The van der Waals surface area contributed by atoms with E-state index in [-0.39, 0.29) is 0 Å². The summed E-state index contributed by atoms with van der Waals surface area (Å²) in [6, 6.07) is 19.0. The van der Waals surface area contributed by atoms with Gasteiger partial charge in [0.1, 0.15) is 5.82 Å². The molecule has 1 fully saturated rings. The summed E-state index contributed by atoms with van der Waals surface area (Å²) in [5.74, 6) is 0.955. The average molecular weight is 359 g/mol. The van der Waals surface area contributed by atoms with Crippen LogP contribution in [0.25, 0.3) is 11.3 Å². The van der Waals surface area contributed by atoms with Crippen molar-refractivity contribution in [3.8, 4) is 11.3 Å². The molecule has 2 heterocycles. The van der Waals surface area contributed by atoms with Crippen molar-refractivity contribution in [3.63, 3.8) is 0 Å². The molecule has 0 bridgehead atoms. The number of anilines is 3. The zero-order valence-corrected chi connectivity index (χ0v) is 15.9. The van der Waals surface area contributed by atoms with Crippen LogP contribution in [0.3, 0.4) is 0 Å². The lowest BCUT2D eigenvalue weighted by Crippen LogP contribution is -2.46. The predicted octanol–water partition coefficient (Wildman–Crippen LogP) is 3.54. The molecule has 2 aromatic carbocycles. The second kappa shape index (κ2) is 7.66. The second-order valence-electron chi connectivity index (χ2n) is 7.01. The molecule has 4 rings (SSSR count). The van der Waals surface area contributed by atoms with Gasteiger partial charge in [-0.2, -0.15) is 0 Å². The topological polar surface area (TPSA) is 35.5 Å². The first-order chi connectivity index (χ1) is 13.2. The molecule has 0 aliphatic carbocycles. The van der Waals surface area contributed by atoms with E-state index in [1.54, 1.807) is 0 Å². The van der Waals surface area contributed by atoms with Gasteiger partial charge in [0.25, 0.3) is 0 Å². The number of piperazine rings is 1. The summed E-state index contributed by atoms with van der Waals surface area (Å²) in [6.07, 6.45) is 3.71. The Labute approximate surface area is 160 Å². The number of aromatic nitrogens is 2. The van der Waals surface area contributed by atoms with Gasteiger partial charge in [-0.05, 0) is 24.3 Å². The quantitative estimate of drug-likeness (QED) is 0.712. The molecule has 0 radical (unpaired) electrons. The Kier molecular flexibility index (Phi) is 4.92. The lowest BCUT2D eigenvalue weighted by Gasteiger charge is -2.36. The maximum atomic E-state index is 4.87. The minimum absolute atomic E-state index is 0.920. The summed E-state index contributed by atoms with van der Waals surface area (Å²) in [4.78, 5) is 16.2. The Bertz CT molecular complexity index is 869. The first-order valence-corrected chi connectivity index (χ1v) is 9.35. The maximum Gasteiger partial charge on any atom is 0.147 e. The fourth-order valence-corrected chi connectivity index (χ4v) is 3.41. The van der Waals surface area contributed by atoms with Gasteiger partial charge < -0.3 is 14.7 Å². The van der Waals surface area contributed by atoms with Gasteiger partial charge in [0, 0.05) is 57.2 Å². The van der Waals surface area contributed by atoms with E-state index >= 15 is 0 Å². The van der Waals surface area contributed by atoms with Crippen molar-refractivity contribution in [2.75, 3.05) is 55.0 Å². The molecule has 0 atom stereocenters. The minimum atomic E-state index is 0.920. The summed E-state index contributed by atoms with van der Waals surface area (Å²) >= 11 is 0. The van der Waals surface area contributed by atoms with Crippen molar-refractivity contribution in [1.29, 1.82) is 0 Å². The standard InChI is InChI=1S/C22H25N5/c1-25(2)19-10-8-18(9-11-19)21-16-23-17-22(24-21)27-14-12-26(13-15-27)20-6-4-3-5-7-20/h3-11,16-17H,12-15H2,1-2H3. The molecule has 0 saturated carbocycles. The van der Waals surface area contributed by atoms with Crippen LogP contribution in [0, 0.1) is 0 Å². The van der Waals surface area contributed by atoms with Crippen LogP contribution >= 0.6 is 0 Å². The number of nitrogens with zero attached hydrogens (tertiary/aromatic N) is 5. The molecule has 0 N–H and O–H groups in total. The largest absolute Gasteiger partial charge is 0.378 e. The normalized spacial score (nSPS) is 14.3. The van der Waals surface area contributed by atoms with Crippen LogP contribution in [0.4, 0.5) is 17.2 Å². The molecule has 5 heteroatoms. The monoisotopic (exact) mass is 359 g/mol. The van der Waals surface area contributed by atoms with E-state index in [1.807, 2.05) is 26.5 Å². The fraction of sp³-hybridized carbons (Fsp3) is 0.273. The van der Waals surface area contributed by atoms with Gasteiger partial charge in [0.15, 0.2) is 0 Å². The Morgan fingerprint density at radius 1 is 0.778 bits per heavy atom. The van der Waals surface area contributed by atoms with Crippen LogP contribution < -0.4 is 14.7 Å². The summed E-state index contributed by atoms with van der Waals surface area (Å²) in [6.45, 7) is 3.89. The number of hydrogen-bond donors (Lipinski definition) is 0. The van der Waals surface area contributed by atoms with Gasteiger partial charge in [0.05, 0.1) is 18.1 Å². The van der Waals surface area contributed by atoms with Crippen LogP contribution in [0.5, 0.6) is 0 Å². The molecule has 138 valence electrons. The van der Waals surface area contributed by atoms with Crippen LogP contribution in [0.2, 0.25) is 0 Å². The van der Waals surface area contributed by atoms with Crippen molar-refractivity contribution in [1.82, 2.24) is 9.97 Å². The highest BCUT2D eigenvalue weighted by Gasteiger charge is 2.19. The summed E-state index contributed by atoms with van der Waals surface area (Å²) in [7, 11) is 4.09. The fourth-order valence-electron chi connectivity index (χ4n) is 3.41. The van der Waals surface area contributed by atoms with E-state index in [9.17, 15) is 0 Å². The SMILES string of the molecule is CN(C)c1ccc(-c2cncc(N3CCN(c4ccccc4)CC3)n2)cc1. The molecule has 5 nitrogen and oxygen atoms in total. The van der Waals surface area contributed by atoms with Crippen LogP contribution in [-0.2, 0) is 0 Å². The van der Waals surface area contributed by atoms with Crippen LogP contribution in [0.15, 0.2) is 67.0 Å². The first kappa shape index (κ1) is 17.3. The summed E-state index contributed by atoms with van der Waals surface area (Å²) in [5.41, 5.74) is 4.49. The van der Waals surface area contributed by atoms with Gasteiger partial charge in [0.2, 0.25) is 0 Å². The van der Waals surface area contributed by atoms with Crippen LogP contribution in [0.1, 0.15) is 0 Å². The molecule has 0 spiro atoms. The Morgan fingerprint density at radius 3 is 2.11 bits per heavy atom. The number of benzene rings is 2. The zero-order valence-electron chi connectivity index (χ0n) is 15.9. The molecule has 27 heavy (non-hydrogen) atoms. The third-order valence-electron chi connectivity index (χ3n) is 5.03. The van der Waals surface area contributed by atoms with Crippen molar-refractivity contribution in [2.24, 2.45) is 0 Å². The molecule has 3 aromatic rings. The smallest absolute Gasteiger partial charge is 0.147 e. The molecule has 1 saturated heterocycles. The number of para-hydroxylation sites is 1. The number of hydrogen-bond acceptors (Lipinski definition) is 5. The minimum Gasteiger partial charge on any atom is -0.378 e. The molecule has 0 amide bonds. The molecular formula is C22H25N5. The van der Waals surface area contributed by atoms with Gasteiger partial charge >= 0.3 is 0 Å². The van der Waals surface area contributed by atoms with Gasteiger partial charge in [-0.3, -0.25) is 4.98 Å². The van der Waals surface area contributed by atoms with Crippen molar-refractivity contribution in [3.05, 3.63) is 67.0 Å². The van der Waals surface area contributed by atoms with Gasteiger partial charge in [-0.1, -0.05) is 30.3 Å². The molecular weight excluding hydrogens is 334 g/mol. The van der Waals surface area contributed by atoms with E-state index in [4.69, 9.17) is 4.98 Å². The van der Waals surface area contributed by atoms with Gasteiger partial charge in [-0.15, -0.1) is 0 Å². The van der Waals surface area contributed by atoms with Crippen molar-refractivity contribution >= 4 is 17.2 Å². The Morgan fingerprint density at radius 2 is 1.44 bits per heavy atom. The number of rotatable bonds is 4. The summed E-state index contributed by atoms with van der Waals surface area (Å²) < 4.78 is 0. The highest BCUT2D eigenvalue weighted by molar-refractivity contribution is 5.64. The van der Waals surface area contributed by atoms with E-state index in [1.165, 1.54) is 11.4 Å². The maximum absolute atomic E-state index is 4.87. The molecule has 0 unspecified atom stereocenters. The molecule has 1 aromatic heterocycles. The average Bonchev–Trinajstić information content (AvgIpc) is 2.75. The lowest BCUT2D eigenvalue weighted by atomic mass is 10.1. The van der Waals surface area contributed by atoms with E-state index in [0.29, 0.717) is 0 Å². The lowest BCUT2D eigenvalue weighted by molar-refractivity contribution is 0.646. The second-order valence-corrected chi connectivity index (χ2v) is 7.01. The Balaban J connectivity index is 1.47. The Hall–Kier alpha value is -3.08. The first-order valence-electron chi connectivity index (χ1n) is 9.35. The predicted molar refractivity (Wildman–Crippen MR) is 113 cm³/mol. The van der Waals surface area contributed by atoms with Crippen LogP contribution in [-0.4, -0.2) is 50.2 Å². The van der Waals surface area contributed by atoms with E-state index in [0.717, 1.165) is 43.3 Å². The van der Waals surface area contributed by atoms with Crippen molar-refractivity contribution < 1.29 is 0 Å². The summed E-state index contributed by atoms with van der Waals surface area (Å²) in [5, 5.41) is 0. The third-order valence-corrected chi connectivity index (χ3v) is 5.03. The van der Waals surface area contributed by atoms with E-state index in [2.05, 4.69) is 74.3 Å².